The van der Waals surface area contributed by atoms with Crippen LogP contribution in [0.3, 0.4) is 0 Å². The number of nitrogens with two attached hydrogens (primary N) is 1. The van der Waals surface area contributed by atoms with E-state index in [1.165, 1.54) is 7.11 Å². The number of rotatable bonds is 6. The Kier molecular flexibility index (Phi) is 6.03. The Morgan fingerprint density at radius 3 is 2.58 bits per heavy atom. The summed E-state index contributed by atoms with van der Waals surface area (Å²) in [6.45, 7) is 0. The smallest absolute Gasteiger partial charge is 0.255 e. The SMILES string of the molecule is COc1ccc(NC(=O)c2cccc(N=C(N)CCl)c2)cc1OC. The monoisotopic (exact) mass is 347 g/mol. The molecule has 1 amide bonds. The summed E-state index contributed by atoms with van der Waals surface area (Å²) in [6.07, 6.45) is 0. The van der Waals surface area contributed by atoms with E-state index in [0.29, 0.717) is 28.4 Å². The Morgan fingerprint density at radius 1 is 1.17 bits per heavy atom. The first-order chi connectivity index (χ1) is 11.6. The summed E-state index contributed by atoms with van der Waals surface area (Å²) in [7, 11) is 3.08. The van der Waals surface area contributed by atoms with Crippen LogP contribution in [0.4, 0.5) is 11.4 Å². The number of benzene rings is 2. The number of halogens is 1. The van der Waals surface area contributed by atoms with Gasteiger partial charge < -0.3 is 20.5 Å². The van der Waals surface area contributed by atoms with Crippen LogP contribution in [0.25, 0.3) is 0 Å². The van der Waals surface area contributed by atoms with Gasteiger partial charge in [-0.1, -0.05) is 6.07 Å². The molecule has 24 heavy (non-hydrogen) atoms. The van der Waals surface area contributed by atoms with Crippen molar-refractivity contribution in [3.8, 4) is 11.5 Å². The fraction of sp³-hybridized carbons (Fsp3) is 0.176. The Morgan fingerprint density at radius 2 is 1.92 bits per heavy atom. The predicted octanol–water partition coefficient (Wildman–Crippen LogP) is 3.18. The summed E-state index contributed by atoms with van der Waals surface area (Å²) in [6, 6.07) is 11.9. The molecule has 0 atom stereocenters. The second kappa shape index (κ2) is 8.21. The summed E-state index contributed by atoms with van der Waals surface area (Å²) in [4.78, 5) is 16.5. The minimum atomic E-state index is -0.274. The number of alkyl halides is 1. The van der Waals surface area contributed by atoms with Gasteiger partial charge in [0.05, 0.1) is 25.8 Å². The third-order valence-corrected chi connectivity index (χ3v) is 3.43. The lowest BCUT2D eigenvalue weighted by molar-refractivity contribution is 0.102. The van der Waals surface area contributed by atoms with Crippen molar-refractivity contribution < 1.29 is 14.3 Å². The molecule has 7 heteroatoms. The molecule has 0 radical (unpaired) electrons. The summed E-state index contributed by atoms with van der Waals surface area (Å²) in [5, 5.41) is 2.80. The standard InChI is InChI=1S/C17H18ClN3O3/c1-23-14-7-6-13(9-15(14)24-2)21-17(22)11-4-3-5-12(8-11)20-16(19)10-18/h3-9H,10H2,1-2H3,(H2,19,20)(H,21,22). The molecule has 0 fully saturated rings. The molecule has 0 saturated carbocycles. The van der Waals surface area contributed by atoms with E-state index in [4.69, 9.17) is 26.8 Å². The van der Waals surface area contributed by atoms with E-state index in [1.807, 2.05) is 0 Å². The molecule has 0 unspecified atom stereocenters. The van der Waals surface area contributed by atoms with Crippen LogP contribution in [0.2, 0.25) is 0 Å². The lowest BCUT2D eigenvalue weighted by Crippen LogP contribution is -2.13. The molecular weight excluding hydrogens is 330 g/mol. The average Bonchev–Trinajstić information content (AvgIpc) is 2.61. The number of methoxy groups -OCH3 is 2. The van der Waals surface area contributed by atoms with Gasteiger partial charge in [0.1, 0.15) is 5.84 Å². The molecule has 0 aromatic heterocycles. The maximum Gasteiger partial charge on any atom is 0.255 e. The summed E-state index contributed by atoms with van der Waals surface area (Å²) in [5.41, 5.74) is 7.21. The molecule has 0 bridgehead atoms. The van der Waals surface area contributed by atoms with Crippen molar-refractivity contribution >= 4 is 34.7 Å². The summed E-state index contributed by atoms with van der Waals surface area (Å²) < 4.78 is 10.4. The first kappa shape index (κ1) is 17.6. The minimum Gasteiger partial charge on any atom is -0.493 e. The lowest BCUT2D eigenvalue weighted by Gasteiger charge is -2.10. The highest BCUT2D eigenvalue weighted by atomic mass is 35.5. The first-order valence-corrected chi connectivity index (χ1v) is 7.63. The van der Waals surface area contributed by atoms with Crippen molar-refractivity contribution in [3.05, 3.63) is 48.0 Å². The van der Waals surface area contributed by atoms with Crippen LogP contribution in [0.15, 0.2) is 47.5 Å². The van der Waals surface area contributed by atoms with Gasteiger partial charge in [0, 0.05) is 17.3 Å². The van der Waals surface area contributed by atoms with Crippen molar-refractivity contribution in [2.75, 3.05) is 25.4 Å². The number of carbonyl (C=O) groups is 1. The Bertz CT molecular complexity index is 762. The van der Waals surface area contributed by atoms with Crippen LogP contribution < -0.4 is 20.5 Å². The molecule has 2 rings (SSSR count). The van der Waals surface area contributed by atoms with Gasteiger partial charge in [0.2, 0.25) is 0 Å². The third kappa shape index (κ3) is 4.39. The van der Waals surface area contributed by atoms with Crippen LogP contribution in [0, 0.1) is 0 Å². The third-order valence-electron chi connectivity index (χ3n) is 3.16. The molecular formula is C17H18ClN3O3. The van der Waals surface area contributed by atoms with E-state index in [9.17, 15) is 4.79 Å². The van der Waals surface area contributed by atoms with Gasteiger partial charge in [-0.25, -0.2) is 4.99 Å². The zero-order valence-corrected chi connectivity index (χ0v) is 14.1. The van der Waals surface area contributed by atoms with Crippen molar-refractivity contribution in [2.24, 2.45) is 10.7 Å². The molecule has 0 spiro atoms. The van der Waals surface area contributed by atoms with Gasteiger partial charge in [-0.05, 0) is 30.3 Å². The molecule has 0 heterocycles. The highest BCUT2D eigenvalue weighted by Crippen LogP contribution is 2.30. The molecule has 0 aliphatic heterocycles. The molecule has 0 aliphatic carbocycles. The first-order valence-electron chi connectivity index (χ1n) is 7.09. The van der Waals surface area contributed by atoms with Crippen LogP contribution in [-0.2, 0) is 0 Å². The van der Waals surface area contributed by atoms with Crippen molar-refractivity contribution in [1.82, 2.24) is 0 Å². The van der Waals surface area contributed by atoms with E-state index in [-0.39, 0.29) is 17.6 Å². The fourth-order valence-corrected chi connectivity index (χ4v) is 2.09. The topological polar surface area (TPSA) is 85.9 Å². The molecule has 0 saturated heterocycles. The van der Waals surface area contributed by atoms with Gasteiger partial charge in [0.25, 0.3) is 5.91 Å². The van der Waals surface area contributed by atoms with Crippen LogP contribution in [0.5, 0.6) is 11.5 Å². The Hall–Kier alpha value is -2.73. The number of amidine groups is 1. The predicted molar refractivity (Wildman–Crippen MR) is 95.9 cm³/mol. The zero-order chi connectivity index (χ0) is 17.5. The number of hydrogen-bond donors (Lipinski definition) is 2. The maximum absolute atomic E-state index is 12.4. The number of aliphatic imine (C=N–C) groups is 1. The Balaban J connectivity index is 2.19. The van der Waals surface area contributed by atoms with Gasteiger partial charge in [-0.3, -0.25) is 4.79 Å². The lowest BCUT2D eigenvalue weighted by atomic mass is 10.2. The molecule has 2 aromatic carbocycles. The van der Waals surface area contributed by atoms with Gasteiger partial charge in [-0.2, -0.15) is 0 Å². The van der Waals surface area contributed by atoms with Gasteiger partial charge >= 0.3 is 0 Å². The Labute approximate surface area is 145 Å². The summed E-state index contributed by atoms with van der Waals surface area (Å²) >= 11 is 5.61. The number of carbonyl (C=O) groups excluding carboxylic acids is 1. The van der Waals surface area contributed by atoms with E-state index in [0.717, 1.165) is 0 Å². The average molecular weight is 348 g/mol. The highest BCUT2D eigenvalue weighted by molar-refractivity contribution is 6.28. The van der Waals surface area contributed by atoms with Gasteiger partial charge in [-0.15, -0.1) is 11.6 Å². The van der Waals surface area contributed by atoms with Crippen LogP contribution in [0.1, 0.15) is 10.4 Å². The fourth-order valence-electron chi connectivity index (χ4n) is 2.03. The quantitative estimate of drug-likeness (QED) is 0.477. The van der Waals surface area contributed by atoms with E-state index >= 15 is 0 Å². The largest absolute Gasteiger partial charge is 0.493 e. The van der Waals surface area contributed by atoms with Crippen LogP contribution in [-0.4, -0.2) is 31.8 Å². The molecule has 6 nitrogen and oxygen atoms in total. The highest BCUT2D eigenvalue weighted by Gasteiger charge is 2.10. The number of ether oxygens (including phenoxy) is 2. The molecule has 0 aliphatic rings. The van der Waals surface area contributed by atoms with Crippen molar-refractivity contribution in [1.29, 1.82) is 0 Å². The molecule has 2 aromatic rings. The van der Waals surface area contributed by atoms with E-state index < -0.39 is 0 Å². The summed E-state index contributed by atoms with van der Waals surface area (Å²) in [5.74, 6) is 1.26. The number of nitrogens with zero attached hydrogens (tertiary/aromatic N) is 1. The number of amides is 1. The molecule has 126 valence electrons. The number of hydrogen-bond acceptors (Lipinski definition) is 4. The van der Waals surface area contributed by atoms with Crippen molar-refractivity contribution in [3.63, 3.8) is 0 Å². The van der Waals surface area contributed by atoms with Gasteiger partial charge in [0.15, 0.2) is 11.5 Å². The van der Waals surface area contributed by atoms with Crippen LogP contribution >= 0.6 is 11.6 Å². The normalized spacial score (nSPS) is 11.0. The van der Waals surface area contributed by atoms with E-state index in [1.54, 1.807) is 49.6 Å². The zero-order valence-electron chi connectivity index (χ0n) is 13.4. The molecule has 3 N–H and O–H groups in total. The maximum atomic E-state index is 12.4. The van der Waals surface area contributed by atoms with Crippen molar-refractivity contribution in [2.45, 2.75) is 0 Å². The second-order valence-electron chi connectivity index (χ2n) is 4.81. The number of anilines is 1. The van der Waals surface area contributed by atoms with E-state index in [2.05, 4.69) is 10.3 Å². The number of nitrogens with one attached hydrogen (secondary N) is 1. The second-order valence-corrected chi connectivity index (χ2v) is 5.08. The minimum absolute atomic E-state index is 0.127.